The van der Waals surface area contributed by atoms with Crippen LogP contribution in [0, 0.1) is 0 Å². The van der Waals surface area contributed by atoms with Crippen LogP contribution < -0.4 is 5.32 Å². The monoisotopic (exact) mass is 282 g/mol. The summed E-state index contributed by atoms with van der Waals surface area (Å²) in [6, 6.07) is 8.33. The maximum Gasteiger partial charge on any atom is 0.245 e. The first-order chi connectivity index (χ1) is 8.69. The van der Waals surface area contributed by atoms with E-state index in [4.69, 9.17) is 23.2 Å². The zero-order valence-electron chi connectivity index (χ0n) is 9.82. The van der Waals surface area contributed by atoms with Gasteiger partial charge in [-0.1, -0.05) is 42.8 Å². The van der Waals surface area contributed by atoms with Gasteiger partial charge in [0.05, 0.1) is 0 Å². The zero-order valence-corrected chi connectivity index (χ0v) is 11.3. The number of nitrogens with zero attached hydrogens (tertiary/aromatic N) is 3. The van der Waals surface area contributed by atoms with Crippen LogP contribution in [0.25, 0.3) is 0 Å². The predicted molar refractivity (Wildman–Crippen MR) is 73.0 cm³/mol. The molecule has 1 aromatic heterocycles. The Morgan fingerprint density at radius 1 is 1.06 bits per heavy atom. The van der Waals surface area contributed by atoms with Gasteiger partial charge in [-0.15, -0.1) is 10.2 Å². The summed E-state index contributed by atoms with van der Waals surface area (Å²) in [4.78, 5) is 3.97. The number of hydrogen-bond acceptors (Lipinski definition) is 4. The number of hydrogen-bond donors (Lipinski definition) is 1. The van der Waals surface area contributed by atoms with Crippen LogP contribution in [0.3, 0.4) is 0 Å². The summed E-state index contributed by atoms with van der Waals surface area (Å²) >= 11 is 11.5. The Kier molecular flexibility index (Phi) is 4.33. The van der Waals surface area contributed by atoms with Crippen molar-refractivity contribution >= 4 is 29.0 Å². The van der Waals surface area contributed by atoms with Crippen molar-refractivity contribution < 1.29 is 0 Å². The normalized spacial score (nSPS) is 10.4. The van der Waals surface area contributed by atoms with Gasteiger partial charge in [-0.2, -0.15) is 4.98 Å². The number of benzene rings is 1. The topological polar surface area (TPSA) is 50.7 Å². The number of halogens is 2. The van der Waals surface area contributed by atoms with E-state index in [9.17, 15) is 0 Å². The molecule has 1 heterocycles. The molecule has 0 aliphatic carbocycles. The molecular weight excluding hydrogens is 271 g/mol. The highest BCUT2D eigenvalue weighted by Crippen LogP contribution is 2.17. The van der Waals surface area contributed by atoms with Gasteiger partial charge in [0, 0.05) is 6.54 Å². The van der Waals surface area contributed by atoms with E-state index in [0.29, 0.717) is 12.4 Å². The van der Waals surface area contributed by atoms with E-state index in [1.54, 1.807) is 0 Å². The van der Waals surface area contributed by atoms with Crippen molar-refractivity contribution in [1.29, 1.82) is 0 Å². The van der Waals surface area contributed by atoms with Gasteiger partial charge in [0.2, 0.25) is 5.28 Å². The summed E-state index contributed by atoms with van der Waals surface area (Å²) in [5.41, 5.74) is 2.45. The molecule has 4 nitrogen and oxygen atoms in total. The fourth-order valence-corrected chi connectivity index (χ4v) is 1.75. The third-order valence-corrected chi connectivity index (χ3v) is 2.93. The first kappa shape index (κ1) is 13.1. The molecule has 94 valence electrons. The van der Waals surface area contributed by atoms with Crippen molar-refractivity contribution in [2.45, 2.75) is 19.9 Å². The molecule has 0 saturated heterocycles. The molecule has 0 unspecified atom stereocenters. The van der Waals surface area contributed by atoms with Gasteiger partial charge in [0.15, 0.2) is 11.0 Å². The highest BCUT2D eigenvalue weighted by molar-refractivity contribution is 6.32. The minimum Gasteiger partial charge on any atom is -0.363 e. The molecule has 2 aromatic rings. The first-order valence-electron chi connectivity index (χ1n) is 5.56. The molecule has 1 N–H and O–H groups in total. The van der Waals surface area contributed by atoms with Gasteiger partial charge in [0.25, 0.3) is 0 Å². The van der Waals surface area contributed by atoms with Crippen LogP contribution >= 0.6 is 23.2 Å². The van der Waals surface area contributed by atoms with Gasteiger partial charge < -0.3 is 5.32 Å². The Morgan fingerprint density at radius 3 is 2.39 bits per heavy atom. The van der Waals surface area contributed by atoms with Crippen molar-refractivity contribution in [3.8, 4) is 0 Å². The zero-order chi connectivity index (χ0) is 13.0. The fraction of sp³-hybridized carbons (Fsp3) is 0.250. The molecule has 0 saturated carbocycles. The minimum atomic E-state index is 0.0724. The van der Waals surface area contributed by atoms with Gasteiger partial charge >= 0.3 is 0 Å². The van der Waals surface area contributed by atoms with E-state index in [0.717, 1.165) is 12.0 Å². The van der Waals surface area contributed by atoms with E-state index in [2.05, 4.69) is 51.7 Å². The lowest BCUT2D eigenvalue weighted by molar-refractivity contribution is 0.958. The van der Waals surface area contributed by atoms with Crippen LogP contribution in [0.2, 0.25) is 10.4 Å². The maximum absolute atomic E-state index is 5.85. The Hall–Kier alpha value is -1.39. The average molecular weight is 283 g/mol. The smallest absolute Gasteiger partial charge is 0.245 e. The van der Waals surface area contributed by atoms with E-state index in [-0.39, 0.29) is 10.4 Å². The molecule has 0 spiro atoms. The Morgan fingerprint density at radius 2 is 1.72 bits per heavy atom. The summed E-state index contributed by atoms with van der Waals surface area (Å²) in [5.74, 6) is 0.441. The van der Waals surface area contributed by atoms with E-state index in [1.165, 1.54) is 5.56 Å². The highest BCUT2D eigenvalue weighted by atomic mass is 35.5. The number of aromatic nitrogens is 3. The van der Waals surface area contributed by atoms with Gasteiger partial charge in [-0.25, -0.2) is 0 Å². The average Bonchev–Trinajstić information content (AvgIpc) is 2.40. The molecular formula is C12H12Cl2N4. The van der Waals surface area contributed by atoms with Crippen molar-refractivity contribution in [2.24, 2.45) is 0 Å². The van der Waals surface area contributed by atoms with E-state index in [1.807, 2.05) is 0 Å². The fourth-order valence-electron chi connectivity index (χ4n) is 1.48. The number of rotatable bonds is 4. The maximum atomic E-state index is 5.85. The third kappa shape index (κ3) is 3.31. The summed E-state index contributed by atoms with van der Waals surface area (Å²) in [6.45, 7) is 2.74. The largest absolute Gasteiger partial charge is 0.363 e. The second-order valence-corrected chi connectivity index (χ2v) is 4.44. The minimum absolute atomic E-state index is 0.0724. The van der Waals surface area contributed by atoms with Crippen LogP contribution in [0.15, 0.2) is 24.3 Å². The van der Waals surface area contributed by atoms with Crippen molar-refractivity contribution in [1.82, 2.24) is 15.2 Å². The molecule has 0 amide bonds. The molecule has 0 atom stereocenters. The Labute approximate surface area is 115 Å². The highest BCUT2D eigenvalue weighted by Gasteiger charge is 2.05. The number of aryl methyl sites for hydroxylation is 1. The van der Waals surface area contributed by atoms with Gasteiger partial charge in [0.1, 0.15) is 0 Å². The molecule has 0 aliphatic heterocycles. The lowest BCUT2D eigenvalue weighted by Gasteiger charge is -2.07. The lowest BCUT2D eigenvalue weighted by atomic mass is 10.1. The molecule has 2 rings (SSSR count). The summed E-state index contributed by atoms with van der Waals surface area (Å²) in [6.07, 6.45) is 1.03. The molecule has 0 bridgehead atoms. The molecule has 1 aromatic carbocycles. The van der Waals surface area contributed by atoms with Crippen LogP contribution in [0.1, 0.15) is 18.1 Å². The summed E-state index contributed by atoms with van der Waals surface area (Å²) in [5, 5.41) is 10.6. The molecule has 0 radical (unpaired) electrons. The lowest BCUT2D eigenvalue weighted by Crippen LogP contribution is -2.04. The van der Waals surface area contributed by atoms with Crippen LogP contribution in [0.4, 0.5) is 5.82 Å². The summed E-state index contributed by atoms with van der Waals surface area (Å²) < 4.78 is 0. The van der Waals surface area contributed by atoms with Crippen LogP contribution in [0.5, 0.6) is 0 Å². The second-order valence-electron chi connectivity index (χ2n) is 3.74. The molecule has 0 fully saturated rings. The van der Waals surface area contributed by atoms with Crippen LogP contribution in [-0.2, 0) is 13.0 Å². The van der Waals surface area contributed by atoms with E-state index >= 15 is 0 Å². The Balaban J connectivity index is 2.04. The Bertz CT molecular complexity index is 528. The van der Waals surface area contributed by atoms with Crippen molar-refractivity contribution in [2.75, 3.05) is 5.32 Å². The summed E-state index contributed by atoms with van der Waals surface area (Å²) in [7, 11) is 0. The SMILES string of the molecule is CCc1ccc(CNc2nc(Cl)nnc2Cl)cc1. The van der Waals surface area contributed by atoms with E-state index < -0.39 is 0 Å². The molecule has 18 heavy (non-hydrogen) atoms. The molecule has 6 heteroatoms. The van der Waals surface area contributed by atoms with Gasteiger partial charge in [-0.3, -0.25) is 0 Å². The van der Waals surface area contributed by atoms with Crippen molar-refractivity contribution in [3.05, 3.63) is 45.8 Å². The first-order valence-corrected chi connectivity index (χ1v) is 6.32. The third-order valence-electron chi connectivity index (χ3n) is 2.51. The quantitative estimate of drug-likeness (QED) is 0.934. The standard InChI is InChI=1S/C12H12Cl2N4/c1-2-8-3-5-9(6-4-8)7-15-11-10(13)17-18-12(14)16-11/h3-6H,2,7H2,1H3,(H,15,16,18). The molecule has 0 aliphatic rings. The second kappa shape index (κ2) is 5.98. The number of anilines is 1. The van der Waals surface area contributed by atoms with Crippen LogP contribution in [-0.4, -0.2) is 15.2 Å². The predicted octanol–water partition coefficient (Wildman–Crippen LogP) is 3.35. The van der Waals surface area contributed by atoms with Gasteiger partial charge in [-0.05, 0) is 29.1 Å². The van der Waals surface area contributed by atoms with Crippen molar-refractivity contribution in [3.63, 3.8) is 0 Å². The number of nitrogens with one attached hydrogen (secondary N) is 1.